The van der Waals surface area contributed by atoms with Crippen molar-refractivity contribution in [3.05, 3.63) is 34.6 Å². The second kappa shape index (κ2) is 9.54. The number of hydrogen-bond acceptors (Lipinski definition) is 4. The molecule has 0 unspecified atom stereocenters. The predicted molar refractivity (Wildman–Crippen MR) is 105 cm³/mol. The van der Waals surface area contributed by atoms with Crippen molar-refractivity contribution in [3.63, 3.8) is 0 Å². The summed E-state index contributed by atoms with van der Waals surface area (Å²) in [5.41, 5.74) is 0.150. The molecule has 2 aliphatic rings. The van der Waals surface area contributed by atoms with Crippen molar-refractivity contribution in [1.82, 2.24) is 14.7 Å². The number of hydrogen-bond donors (Lipinski definition) is 0. The highest BCUT2D eigenvalue weighted by Gasteiger charge is 2.31. The van der Waals surface area contributed by atoms with E-state index in [1.54, 1.807) is 4.90 Å². The second-order valence-electron chi connectivity index (χ2n) is 7.35. The van der Waals surface area contributed by atoms with Gasteiger partial charge in [-0.1, -0.05) is 11.6 Å². The normalized spacial score (nSPS) is 20.4. The molecule has 29 heavy (non-hydrogen) atoms. The lowest BCUT2D eigenvalue weighted by Gasteiger charge is -2.24. The number of benzene rings is 1. The Labute approximate surface area is 174 Å². The number of carbonyl (C=O) groups excluding carboxylic acids is 3. The molecule has 158 valence electrons. The minimum atomic E-state index is -0.532. The zero-order chi connectivity index (χ0) is 21.0. The Morgan fingerprint density at radius 3 is 2.62 bits per heavy atom. The molecule has 1 aromatic carbocycles. The van der Waals surface area contributed by atoms with Gasteiger partial charge >= 0.3 is 0 Å². The summed E-state index contributed by atoms with van der Waals surface area (Å²) < 4.78 is 18.8. The summed E-state index contributed by atoms with van der Waals surface area (Å²) in [6, 6.07) is 3.56. The molecule has 1 atom stereocenters. The van der Waals surface area contributed by atoms with Crippen molar-refractivity contribution < 1.29 is 23.5 Å². The number of carbonyl (C=O) groups is 3. The van der Waals surface area contributed by atoms with E-state index < -0.39 is 11.7 Å². The van der Waals surface area contributed by atoms with Crippen molar-refractivity contribution in [2.45, 2.75) is 25.4 Å². The molecule has 3 amide bonds. The highest BCUT2D eigenvalue weighted by Crippen LogP contribution is 2.21. The topological polar surface area (TPSA) is 70.2 Å². The summed E-state index contributed by atoms with van der Waals surface area (Å²) in [5.74, 6) is -0.996. The van der Waals surface area contributed by atoms with Crippen LogP contribution in [0.25, 0.3) is 0 Å². The summed E-state index contributed by atoms with van der Waals surface area (Å²) in [5, 5.41) is 0.00722. The van der Waals surface area contributed by atoms with Crippen LogP contribution in [-0.4, -0.2) is 84.9 Å². The molecular weight excluding hydrogens is 401 g/mol. The van der Waals surface area contributed by atoms with Gasteiger partial charge in [-0.25, -0.2) is 4.39 Å². The van der Waals surface area contributed by atoms with E-state index in [9.17, 15) is 18.8 Å². The van der Waals surface area contributed by atoms with Gasteiger partial charge in [-0.05, 0) is 31.0 Å². The van der Waals surface area contributed by atoms with Crippen LogP contribution in [0.15, 0.2) is 18.2 Å². The fourth-order valence-corrected chi connectivity index (χ4v) is 3.97. The van der Waals surface area contributed by atoms with Gasteiger partial charge in [-0.15, -0.1) is 0 Å². The van der Waals surface area contributed by atoms with Gasteiger partial charge in [0.2, 0.25) is 11.8 Å². The van der Waals surface area contributed by atoms with Crippen LogP contribution in [0.4, 0.5) is 4.39 Å². The van der Waals surface area contributed by atoms with E-state index in [0.717, 1.165) is 19.0 Å². The first kappa shape index (κ1) is 21.5. The molecule has 0 spiro atoms. The molecule has 0 radical (unpaired) electrons. The average molecular weight is 426 g/mol. The SMILES string of the molecule is CO[C@H]1CN(CCCN2CCCC2=O)C(=O)CN(C(=O)c2ccc(F)cc2Cl)C1. The Balaban J connectivity index is 1.64. The van der Waals surface area contributed by atoms with Crippen LogP contribution in [0.3, 0.4) is 0 Å². The molecular formula is C20H25ClFN3O4. The standard InChI is InChI=1S/C20H25ClFN3O4/c1-29-15-11-24(9-3-8-23-7-2-4-18(23)26)19(27)13-25(12-15)20(28)16-6-5-14(22)10-17(16)21/h5-6,10,15H,2-4,7-9,11-13H2,1H3/t15-/m0/s1. The third-order valence-corrected chi connectivity index (χ3v) is 5.65. The molecule has 2 saturated heterocycles. The zero-order valence-corrected chi connectivity index (χ0v) is 17.2. The average Bonchev–Trinajstić information content (AvgIpc) is 3.01. The van der Waals surface area contributed by atoms with Crippen molar-refractivity contribution >= 4 is 29.3 Å². The largest absolute Gasteiger partial charge is 0.378 e. The van der Waals surface area contributed by atoms with E-state index >= 15 is 0 Å². The number of likely N-dealkylation sites (tertiary alicyclic amines) is 1. The highest BCUT2D eigenvalue weighted by molar-refractivity contribution is 6.33. The van der Waals surface area contributed by atoms with Crippen LogP contribution in [0, 0.1) is 5.82 Å². The minimum absolute atomic E-state index is 0.00722. The molecule has 2 fully saturated rings. The summed E-state index contributed by atoms with van der Waals surface area (Å²) in [6.07, 6.45) is 1.80. The Bertz CT molecular complexity index is 791. The molecule has 1 aromatic rings. The lowest BCUT2D eigenvalue weighted by atomic mass is 10.2. The van der Waals surface area contributed by atoms with Gasteiger partial charge in [-0.2, -0.15) is 0 Å². The molecule has 0 bridgehead atoms. The van der Waals surface area contributed by atoms with E-state index in [0.29, 0.717) is 32.5 Å². The van der Waals surface area contributed by atoms with Gasteiger partial charge in [0, 0.05) is 46.3 Å². The number of nitrogens with zero attached hydrogens (tertiary/aromatic N) is 3. The summed E-state index contributed by atoms with van der Waals surface area (Å²) in [7, 11) is 1.54. The van der Waals surface area contributed by atoms with E-state index in [1.165, 1.54) is 24.1 Å². The molecule has 9 heteroatoms. The molecule has 0 aromatic heterocycles. The van der Waals surface area contributed by atoms with E-state index in [4.69, 9.17) is 16.3 Å². The van der Waals surface area contributed by atoms with E-state index in [2.05, 4.69) is 0 Å². The van der Waals surface area contributed by atoms with Gasteiger partial charge in [0.15, 0.2) is 0 Å². The fourth-order valence-electron chi connectivity index (χ4n) is 3.72. The monoisotopic (exact) mass is 425 g/mol. The summed E-state index contributed by atoms with van der Waals surface area (Å²) in [4.78, 5) is 42.2. The zero-order valence-electron chi connectivity index (χ0n) is 16.4. The van der Waals surface area contributed by atoms with Gasteiger partial charge in [-0.3, -0.25) is 14.4 Å². The summed E-state index contributed by atoms with van der Waals surface area (Å²) >= 11 is 6.02. The maximum absolute atomic E-state index is 13.3. The Morgan fingerprint density at radius 1 is 1.21 bits per heavy atom. The van der Waals surface area contributed by atoms with Crippen LogP contribution in [0.5, 0.6) is 0 Å². The van der Waals surface area contributed by atoms with E-state index in [1.807, 2.05) is 4.90 Å². The lowest BCUT2D eigenvalue weighted by molar-refractivity contribution is -0.131. The molecule has 7 nitrogen and oxygen atoms in total. The van der Waals surface area contributed by atoms with Crippen molar-refractivity contribution in [1.29, 1.82) is 0 Å². The number of ether oxygens (including phenoxy) is 1. The van der Waals surface area contributed by atoms with Crippen molar-refractivity contribution in [2.24, 2.45) is 0 Å². The highest BCUT2D eigenvalue weighted by atomic mass is 35.5. The summed E-state index contributed by atoms with van der Waals surface area (Å²) in [6.45, 7) is 2.37. The minimum Gasteiger partial charge on any atom is -0.378 e. The van der Waals surface area contributed by atoms with E-state index in [-0.39, 0.29) is 41.6 Å². The predicted octanol–water partition coefficient (Wildman–Crippen LogP) is 1.79. The smallest absolute Gasteiger partial charge is 0.255 e. The fraction of sp³-hybridized carbons (Fsp3) is 0.550. The quantitative estimate of drug-likeness (QED) is 0.696. The Hall–Kier alpha value is -2.19. The molecule has 2 heterocycles. The molecule has 0 N–H and O–H groups in total. The first-order chi connectivity index (χ1) is 13.9. The Kier molecular flexibility index (Phi) is 7.08. The second-order valence-corrected chi connectivity index (χ2v) is 7.75. The van der Waals surface area contributed by atoms with Gasteiger partial charge < -0.3 is 19.4 Å². The van der Waals surface area contributed by atoms with Crippen LogP contribution in [-0.2, 0) is 14.3 Å². The molecule has 0 saturated carbocycles. The third kappa shape index (κ3) is 5.25. The lowest BCUT2D eigenvalue weighted by Crippen LogP contribution is -2.40. The number of rotatable bonds is 6. The van der Waals surface area contributed by atoms with Crippen LogP contribution >= 0.6 is 11.6 Å². The number of amides is 3. The van der Waals surface area contributed by atoms with Crippen LogP contribution in [0.2, 0.25) is 5.02 Å². The maximum Gasteiger partial charge on any atom is 0.255 e. The van der Waals surface area contributed by atoms with Crippen molar-refractivity contribution in [2.75, 3.05) is 46.4 Å². The maximum atomic E-state index is 13.3. The number of methoxy groups -OCH3 is 1. The van der Waals surface area contributed by atoms with Gasteiger partial charge in [0.05, 0.1) is 16.7 Å². The Morgan fingerprint density at radius 2 is 1.97 bits per heavy atom. The van der Waals surface area contributed by atoms with Crippen LogP contribution < -0.4 is 0 Å². The third-order valence-electron chi connectivity index (χ3n) is 5.34. The first-order valence-corrected chi connectivity index (χ1v) is 10.1. The van der Waals surface area contributed by atoms with Crippen molar-refractivity contribution in [3.8, 4) is 0 Å². The number of halogens is 2. The molecule has 2 aliphatic heterocycles. The van der Waals surface area contributed by atoms with Gasteiger partial charge in [0.1, 0.15) is 12.4 Å². The first-order valence-electron chi connectivity index (χ1n) is 9.71. The van der Waals surface area contributed by atoms with Crippen LogP contribution in [0.1, 0.15) is 29.6 Å². The molecule has 0 aliphatic carbocycles. The molecule has 3 rings (SSSR count). The van der Waals surface area contributed by atoms with Gasteiger partial charge in [0.25, 0.3) is 5.91 Å².